The van der Waals surface area contributed by atoms with Crippen molar-refractivity contribution < 1.29 is 24.5 Å². The summed E-state index contributed by atoms with van der Waals surface area (Å²) < 4.78 is 5.16. The molecule has 0 spiro atoms. The van der Waals surface area contributed by atoms with Gasteiger partial charge in [-0.25, -0.2) is 4.79 Å². The van der Waals surface area contributed by atoms with Crippen molar-refractivity contribution in [2.75, 3.05) is 5.32 Å². The molecule has 1 amide bonds. The van der Waals surface area contributed by atoms with Crippen LogP contribution in [0.2, 0.25) is 5.02 Å². The molecular weight excluding hydrogens is 322 g/mol. The Morgan fingerprint density at radius 3 is 2.43 bits per heavy atom. The van der Waals surface area contributed by atoms with Gasteiger partial charge in [-0.1, -0.05) is 11.6 Å². The first-order chi connectivity index (χ1) is 10.5. The van der Waals surface area contributed by atoms with Crippen molar-refractivity contribution in [1.29, 1.82) is 0 Å². The average Bonchev–Trinajstić information content (AvgIpc) is 2.34. The van der Waals surface area contributed by atoms with E-state index >= 15 is 0 Å². The van der Waals surface area contributed by atoms with Gasteiger partial charge in [0.15, 0.2) is 0 Å². The van der Waals surface area contributed by atoms with E-state index in [2.05, 4.69) is 5.32 Å². The van der Waals surface area contributed by atoms with E-state index in [0.29, 0.717) is 11.3 Å². The normalized spacial score (nSPS) is 23.8. The lowest BCUT2D eigenvalue weighted by Gasteiger charge is -2.42. The summed E-state index contributed by atoms with van der Waals surface area (Å²) in [4.78, 5) is 23.5. The van der Waals surface area contributed by atoms with Gasteiger partial charge >= 0.3 is 12.1 Å². The smallest absolute Gasteiger partial charge is 0.412 e. The number of hydrogen-bond acceptors (Lipinski definition) is 4. The number of nitrogens with one attached hydrogen (secondary N) is 1. The topological polar surface area (TPSA) is 95.9 Å². The third-order valence-electron chi connectivity index (χ3n) is 3.70. The molecule has 0 unspecified atom stereocenters. The van der Waals surface area contributed by atoms with Crippen LogP contribution < -0.4 is 5.32 Å². The fourth-order valence-electron chi connectivity index (χ4n) is 2.65. The number of rotatable bonds is 3. The lowest BCUT2D eigenvalue weighted by molar-refractivity contribution is -0.152. The number of carboxylic acids is 1. The van der Waals surface area contributed by atoms with E-state index in [1.165, 1.54) is 12.1 Å². The second kappa shape index (κ2) is 6.02. The molecule has 0 saturated heterocycles. The van der Waals surface area contributed by atoms with Crippen LogP contribution in [-0.4, -0.2) is 34.0 Å². The minimum Gasteiger partial charge on any atom is -0.481 e. The summed E-state index contributed by atoms with van der Waals surface area (Å²) in [5.74, 6) is -1.04. The molecule has 1 aliphatic carbocycles. The van der Waals surface area contributed by atoms with Crippen LogP contribution in [0, 0.1) is 0 Å². The quantitative estimate of drug-likeness (QED) is 0.784. The van der Waals surface area contributed by atoms with Gasteiger partial charge in [-0.3, -0.25) is 10.1 Å². The van der Waals surface area contributed by atoms with Gasteiger partial charge in [-0.15, -0.1) is 0 Å². The van der Waals surface area contributed by atoms with Gasteiger partial charge in [0.1, 0.15) is 5.60 Å². The molecule has 2 rings (SSSR count). The molecule has 0 aliphatic heterocycles. The molecule has 7 heteroatoms. The highest BCUT2D eigenvalue weighted by molar-refractivity contribution is 6.32. The molecule has 6 nitrogen and oxygen atoms in total. The van der Waals surface area contributed by atoms with Crippen molar-refractivity contribution in [2.45, 2.75) is 50.7 Å². The molecule has 0 aromatic heterocycles. The predicted octanol–water partition coefficient (Wildman–Crippen LogP) is 3.16. The number of anilines is 1. The second-order valence-corrected chi connectivity index (χ2v) is 7.18. The number of benzene rings is 1. The van der Waals surface area contributed by atoms with Gasteiger partial charge < -0.3 is 14.9 Å². The predicted molar refractivity (Wildman–Crippen MR) is 85.9 cm³/mol. The van der Waals surface area contributed by atoms with E-state index < -0.39 is 29.2 Å². The molecule has 1 aromatic rings. The maximum Gasteiger partial charge on any atom is 0.412 e. The number of aliphatic hydroxyl groups is 1. The summed E-state index contributed by atoms with van der Waals surface area (Å²) in [5, 5.41) is 21.9. The number of carbonyl (C=O) groups is 2. The van der Waals surface area contributed by atoms with Crippen molar-refractivity contribution in [2.24, 2.45) is 0 Å². The van der Waals surface area contributed by atoms with E-state index in [0.717, 1.165) is 0 Å². The summed E-state index contributed by atoms with van der Waals surface area (Å²) >= 11 is 6.14. The Bertz CT molecular complexity index is 632. The fraction of sp³-hybridized carbons (Fsp3) is 0.500. The maximum absolute atomic E-state index is 11.8. The molecule has 3 N–H and O–H groups in total. The van der Waals surface area contributed by atoms with Gasteiger partial charge in [-0.05, 0) is 57.4 Å². The standard InChI is InChI=1S/C16H20ClNO5/c1-15(2,3)23-14(22)18-9-4-5-12(17)11(6-9)16(13(20)21)7-10(19)8-16/h4-6,10,19H,7-8H2,1-3H3,(H,18,22)(H,20,21). The molecule has 0 radical (unpaired) electrons. The van der Waals surface area contributed by atoms with Crippen LogP contribution in [-0.2, 0) is 14.9 Å². The van der Waals surface area contributed by atoms with E-state index in [4.69, 9.17) is 16.3 Å². The Hall–Kier alpha value is -1.79. The molecule has 0 bridgehead atoms. The molecular formula is C16H20ClNO5. The molecule has 1 aliphatic rings. The molecule has 1 aromatic carbocycles. The number of aliphatic carboxylic acids is 1. The van der Waals surface area contributed by atoms with Crippen LogP contribution in [0.25, 0.3) is 0 Å². The van der Waals surface area contributed by atoms with Gasteiger partial charge in [0.2, 0.25) is 0 Å². The Kier molecular flexibility index (Phi) is 4.59. The fourth-order valence-corrected chi connectivity index (χ4v) is 2.94. The van der Waals surface area contributed by atoms with Crippen molar-refractivity contribution in [1.82, 2.24) is 0 Å². The van der Waals surface area contributed by atoms with Gasteiger partial charge in [0.25, 0.3) is 0 Å². The molecule has 23 heavy (non-hydrogen) atoms. The van der Waals surface area contributed by atoms with Crippen molar-refractivity contribution in [3.8, 4) is 0 Å². The number of halogens is 1. The number of aliphatic hydroxyl groups excluding tert-OH is 1. The molecule has 126 valence electrons. The maximum atomic E-state index is 11.8. The van der Waals surface area contributed by atoms with E-state index in [1.54, 1.807) is 26.8 Å². The largest absolute Gasteiger partial charge is 0.481 e. The number of hydrogen-bond donors (Lipinski definition) is 3. The number of ether oxygens (including phenoxy) is 1. The highest BCUT2D eigenvalue weighted by Crippen LogP contribution is 2.47. The van der Waals surface area contributed by atoms with Crippen LogP contribution >= 0.6 is 11.6 Å². The lowest BCUT2D eigenvalue weighted by atomic mass is 9.62. The zero-order valence-electron chi connectivity index (χ0n) is 13.2. The van der Waals surface area contributed by atoms with Gasteiger partial charge in [-0.2, -0.15) is 0 Å². The first-order valence-corrected chi connectivity index (χ1v) is 7.63. The van der Waals surface area contributed by atoms with Crippen LogP contribution in [0.15, 0.2) is 18.2 Å². The number of carbonyl (C=O) groups excluding carboxylic acids is 1. The minimum atomic E-state index is -1.22. The van der Waals surface area contributed by atoms with Crippen LogP contribution in [0.4, 0.5) is 10.5 Å². The highest BCUT2D eigenvalue weighted by atomic mass is 35.5. The Balaban J connectivity index is 2.26. The molecule has 0 heterocycles. The highest BCUT2D eigenvalue weighted by Gasteiger charge is 2.52. The summed E-state index contributed by atoms with van der Waals surface area (Å²) in [6, 6.07) is 4.62. The van der Waals surface area contributed by atoms with Crippen molar-refractivity contribution in [3.63, 3.8) is 0 Å². The summed E-state index contributed by atoms with van der Waals surface area (Å²) in [6.07, 6.45) is -1.11. The minimum absolute atomic E-state index is 0.0952. The molecule has 1 fully saturated rings. The summed E-state index contributed by atoms with van der Waals surface area (Å²) in [7, 11) is 0. The van der Waals surface area contributed by atoms with Gasteiger partial charge in [0.05, 0.1) is 11.5 Å². The van der Waals surface area contributed by atoms with E-state index in [1.807, 2.05) is 0 Å². The van der Waals surface area contributed by atoms with Crippen LogP contribution in [0.3, 0.4) is 0 Å². The number of amides is 1. The summed E-state index contributed by atoms with van der Waals surface area (Å²) in [5.41, 5.74) is -1.09. The Labute approximate surface area is 139 Å². The first-order valence-electron chi connectivity index (χ1n) is 7.25. The van der Waals surface area contributed by atoms with Crippen LogP contribution in [0.1, 0.15) is 39.2 Å². The third kappa shape index (κ3) is 3.76. The van der Waals surface area contributed by atoms with E-state index in [9.17, 15) is 19.8 Å². The zero-order valence-corrected chi connectivity index (χ0v) is 14.0. The van der Waals surface area contributed by atoms with E-state index in [-0.39, 0.29) is 17.9 Å². The van der Waals surface area contributed by atoms with Crippen LogP contribution in [0.5, 0.6) is 0 Å². The second-order valence-electron chi connectivity index (χ2n) is 6.77. The van der Waals surface area contributed by atoms with Crippen molar-refractivity contribution >= 4 is 29.4 Å². The molecule has 0 atom stereocenters. The third-order valence-corrected chi connectivity index (χ3v) is 4.03. The monoisotopic (exact) mass is 341 g/mol. The van der Waals surface area contributed by atoms with Gasteiger partial charge in [0, 0.05) is 10.7 Å². The Morgan fingerprint density at radius 2 is 1.96 bits per heavy atom. The SMILES string of the molecule is CC(C)(C)OC(=O)Nc1ccc(Cl)c(C2(C(=O)O)CC(O)C2)c1. The lowest BCUT2D eigenvalue weighted by Crippen LogP contribution is -2.50. The molecule has 1 saturated carbocycles. The number of carboxylic acid groups (broad SMARTS) is 1. The first kappa shape index (κ1) is 17.6. The average molecular weight is 342 g/mol. The van der Waals surface area contributed by atoms with Crippen molar-refractivity contribution in [3.05, 3.63) is 28.8 Å². The zero-order chi connectivity index (χ0) is 17.4. The summed E-state index contributed by atoms with van der Waals surface area (Å²) in [6.45, 7) is 5.24. The Morgan fingerprint density at radius 1 is 1.35 bits per heavy atom.